The second-order valence-electron chi connectivity index (χ2n) is 7.23. The van der Waals surface area contributed by atoms with E-state index in [2.05, 4.69) is 20.7 Å². The van der Waals surface area contributed by atoms with Gasteiger partial charge >= 0.3 is 0 Å². The lowest BCUT2D eigenvalue weighted by Gasteiger charge is -2.24. The van der Waals surface area contributed by atoms with Crippen LogP contribution in [0, 0.1) is 11.6 Å². The SMILES string of the molecule is O=C(Nc1nc2n(n1)[C@H](c1ccc(F)cc1)C=C(c1ccccc1)N2)c1ccc(F)cc1. The standard InChI is InChI=1S/C24H17F2N5O/c25-18-10-6-16(7-11-18)21-14-20(15-4-2-1-3-5-15)27-24-29-23(30-31(21)24)28-22(32)17-8-12-19(26)13-9-17/h1-14,21H,(H2,27,28,29,30,32)/t21-/m0/s1. The lowest BCUT2D eigenvalue weighted by atomic mass is 10.0. The van der Waals surface area contributed by atoms with Crippen LogP contribution in [0.2, 0.25) is 0 Å². The van der Waals surface area contributed by atoms with Crippen molar-refractivity contribution in [1.29, 1.82) is 0 Å². The van der Waals surface area contributed by atoms with Crippen LogP contribution in [0.4, 0.5) is 20.7 Å². The van der Waals surface area contributed by atoms with E-state index >= 15 is 0 Å². The average molecular weight is 429 g/mol. The van der Waals surface area contributed by atoms with E-state index < -0.39 is 11.7 Å². The second-order valence-corrected chi connectivity index (χ2v) is 7.23. The first kappa shape index (κ1) is 19.6. The van der Waals surface area contributed by atoms with Gasteiger partial charge in [0.1, 0.15) is 17.7 Å². The van der Waals surface area contributed by atoms with Gasteiger partial charge in [0.25, 0.3) is 11.9 Å². The molecule has 0 bridgehead atoms. The molecular weight excluding hydrogens is 412 g/mol. The summed E-state index contributed by atoms with van der Waals surface area (Å²) in [4.78, 5) is 16.9. The van der Waals surface area contributed by atoms with Crippen molar-refractivity contribution in [2.75, 3.05) is 10.6 Å². The molecule has 2 N–H and O–H groups in total. The smallest absolute Gasteiger partial charge is 0.258 e. The first-order chi connectivity index (χ1) is 15.6. The number of hydrogen-bond donors (Lipinski definition) is 2. The fourth-order valence-corrected chi connectivity index (χ4v) is 3.50. The summed E-state index contributed by atoms with van der Waals surface area (Å²) < 4.78 is 28.3. The zero-order chi connectivity index (χ0) is 22.1. The minimum Gasteiger partial charge on any atom is -0.324 e. The van der Waals surface area contributed by atoms with Crippen molar-refractivity contribution in [2.24, 2.45) is 0 Å². The maximum Gasteiger partial charge on any atom is 0.258 e. The number of nitrogens with one attached hydrogen (secondary N) is 2. The maximum absolute atomic E-state index is 13.5. The summed E-state index contributed by atoms with van der Waals surface area (Å²) in [7, 11) is 0. The number of rotatable bonds is 4. The zero-order valence-electron chi connectivity index (χ0n) is 16.7. The number of carbonyl (C=O) groups is 1. The van der Waals surface area contributed by atoms with E-state index in [4.69, 9.17) is 0 Å². The normalized spacial score (nSPS) is 14.8. The first-order valence-electron chi connectivity index (χ1n) is 9.90. The van der Waals surface area contributed by atoms with Gasteiger partial charge in [0.15, 0.2) is 0 Å². The third-order valence-corrected chi connectivity index (χ3v) is 5.09. The molecule has 4 aromatic rings. The van der Waals surface area contributed by atoms with Crippen LogP contribution in [0.3, 0.4) is 0 Å². The number of allylic oxidation sites excluding steroid dienone is 1. The highest BCUT2D eigenvalue weighted by Gasteiger charge is 2.26. The third-order valence-electron chi connectivity index (χ3n) is 5.09. The van der Waals surface area contributed by atoms with Crippen LogP contribution in [-0.2, 0) is 0 Å². The number of halogens is 2. The summed E-state index contributed by atoms with van der Waals surface area (Å²) in [6.07, 6.45) is 1.97. The number of amides is 1. The molecule has 0 spiro atoms. The van der Waals surface area contributed by atoms with Crippen LogP contribution < -0.4 is 10.6 Å². The molecule has 5 rings (SSSR count). The number of fused-ring (bicyclic) bond motifs is 1. The molecule has 1 aromatic heterocycles. The van der Waals surface area contributed by atoms with Gasteiger partial charge in [0, 0.05) is 11.3 Å². The molecule has 0 aliphatic carbocycles. The predicted octanol–water partition coefficient (Wildman–Crippen LogP) is 4.86. The monoisotopic (exact) mass is 429 g/mol. The van der Waals surface area contributed by atoms with Crippen LogP contribution in [0.25, 0.3) is 5.70 Å². The van der Waals surface area contributed by atoms with Crippen LogP contribution in [-0.4, -0.2) is 20.7 Å². The summed E-state index contributed by atoms with van der Waals surface area (Å²) in [5.74, 6) is -0.696. The minimum atomic E-state index is -0.456. The highest BCUT2D eigenvalue weighted by atomic mass is 19.1. The third kappa shape index (κ3) is 3.85. The molecule has 0 fully saturated rings. The number of aromatic nitrogens is 3. The van der Waals surface area contributed by atoms with Crippen molar-refractivity contribution in [3.63, 3.8) is 0 Å². The Labute approximate surface area is 182 Å². The van der Waals surface area contributed by atoms with Crippen LogP contribution in [0.5, 0.6) is 0 Å². The Balaban J connectivity index is 1.50. The largest absolute Gasteiger partial charge is 0.324 e. The molecule has 1 amide bonds. The number of anilines is 2. The zero-order valence-corrected chi connectivity index (χ0v) is 16.7. The molecule has 1 aliphatic heterocycles. The van der Waals surface area contributed by atoms with Crippen LogP contribution in [0.1, 0.15) is 27.5 Å². The van der Waals surface area contributed by atoms with Gasteiger partial charge in [-0.1, -0.05) is 42.5 Å². The van der Waals surface area contributed by atoms with Gasteiger partial charge in [0.05, 0.1) is 0 Å². The van der Waals surface area contributed by atoms with E-state index in [1.807, 2.05) is 36.4 Å². The number of hydrogen-bond acceptors (Lipinski definition) is 4. The van der Waals surface area contributed by atoms with Crippen molar-refractivity contribution in [2.45, 2.75) is 6.04 Å². The van der Waals surface area contributed by atoms with Gasteiger partial charge in [-0.15, -0.1) is 5.10 Å². The molecule has 0 saturated heterocycles. The number of carbonyl (C=O) groups excluding carboxylic acids is 1. The quantitative estimate of drug-likeness (QED) is 0.486. The lowest BCUT2D eigenvalue weighted by Crippen LogP contribution is -2.20. The molecule has 0 saturated carbocycles. The van der Waals surface area contributed by atoms with Crippen LogP contribution >= 0.6 is 0 Å². The van der Waals surface area contributed by atoms with E-state index in [0.29, 0.717) is 5.95 Å². The van der Waals surface area contributed by atoms with Crippen molar-refractivity contribution in [1.82, 2.24) is 14.8 Å². The molecule has 158 valence electrons. The Morgan fingerprint density at radius 3 is 2.25 bits per heavy atom. The molecule has 3 aromatic carbocycles. The highest BCUT2D eigenvalue weighted by Crippen LogP contribution is 2.33. The van der Waals surface area contributed by atoms with Gasteiger partial charge in [-0.3, -0.25) is 10.1 Å². The summed E-state index contributed by atoms with van der Waals surface area (Å²) in [5, 5.41) is 10.3. The van der Waals surface area contributed by atoms with Crippen molar-refractivity contribution in [3.8, 4) is 0 Å². The first-order valence-corrected chi connectivity index (χ1v) is 9.90. The Kier molecular flexibility index (Phi) is 4.95. The minimum absolute atomic E-state index is 0.0941. The van der Waals surface area contributed by atoms with Gasteiger partial charge in [-0.05, 0) is 53.6 Å². The Morgan fingerprint density at radius 1 is 0.906 bits per heavy atom. The number of nitrogens with zero attached hydrogens (tertiary/aromatic N) is 3. The molecule has 2 heterocycles. The molecule has 32 heavy (non-hydrogen) atoms. The van der Waals surface area contributed by atoms with Gasteiger partial charge in [-0.2, -0.15) is 4.98 Å². The Morgan fingerprint density at radius 2 is 1.56 bits per heavy atom. The van der Waals surface area contributed by atoms with Crippen molar-refractivity contribution in [3.05, 3.63) is 113 Å². The Hall–Kier alpha value is -4.33. The van der Waals surface area contributed by atoms with E-state index in [1.54, 1.807) is 16.8 Å². The molecule has 8 heteroatoms. The Bertz CT molecular complexity index is 1300. The summed E-state index contributed by atoms with van der Waals surface area (Å²) >= 11 is 0. The van der Waals surface area contributed by atoms with Crippen molar-refractivity contribution < 1.29 is 13.6 Å². The van der Waals surface area contributed by atoms with Gasteiger partial charge in [-0.25, -0.2) is 13.5 Å². The summed E-state index contributed by atoms with van der Waals surface area (Å²) in [5.41, 5.74) is 2.86. The molecule has 1 aliphatic rings. The molecular formula is C24H17F2N5O. The van der Waals surface area contributed by atoms with E-state index in [-0.39, 0.29) is 23.4 Å². The lowest BCUT2D eigenvalue weighted by molar-refractivity contribution is 0.102. The number of benzene rings is 3. The molecule has 6 nitrogen and oxygen atoms in total. The topological polar surface area (TPSA) is 71.8 Å². The van der Waals surface area contributed by atoms with Gasteiger partial charge in [0.2, 0.25) is 5.95 Å². The predicted molar refractivity (Wildman–Crippen MR) is 117 cm³/mol. The molecule has 1 atom stereocenters. The molecule has 0 unspecified atom stereocenters. The fourth-order valence-electron chi connectivity index (χ4n) is 3.50. The average Bonchev–Trinajstić information content (AvgIpc) is 3.22. The fraction of sp³-hybridized carbons (Fsp3) is 0.0417. The molecule has 0 radical (unpaired) electrons. The second kappa shape index (κ2) is 8.07. The maximum atomic E-state index is 13.5. The van der Waals surface area contributed by atoms with Crippen molar-refractivity contribution >= 4 is 23.5 Å². The van der Waals surface area contributed by atoms with E-state index in [1.165, 1.54) is 36.4 Å². The highest BCUT2D eigenvalue weighted by molar-refractivity contribution is 6.03. The van der Waals surface area contributed by atoms with Crippen LogP contribution in [0.15, 0.2) is 84.9 Å². The van der Waals surface area contributed by atoms with E-state index in [0.717, 1.165) is 16.8 Å². The summed E-state index contributed by atoms with van der Waals surface area (Å²) in [6, 6.07) is 20.7. The van der Waals surface area contributed by atoms with Gasteiger partial charge < -0.3 is 5.32 Å². The summed E-state index contributed by atoms with van der Waals surface area (Å²) in [6.45, 7) is 0. The van der Waals surface area contributed by atoms with E-state index in [9.17, 15) is 13.6 Å².